The van der Waals surface area contributed by atoms with E-state index >= 15 is 0 Å². The predicted octanol–water partition coefficient (Wildman–Crippen LogP) is 3.73. The molecule has 1 aliphatic carbocycles. The highest BCUT2D eigenvalue weighted by Crippen LogP contribution is 2.29. The lowest BCUT2D eigenvalue weighted by Crippen LogP contribution is -2.48. The van der Waals surface area contributed by atoms with E-state index in [1.165, 1.54) is 28.7 Å². The van der Waals surface area contributed by atoms with Gasteiger partial charge in [-0.2, -0.15) is 0 Å². The number of nitrogens with zero attached hydrogens (tertiary/aromatic N) is 3. The molecule has 0 atom stereocenters. The van der Waals surface area contributed by atoms with Crippen molar-refractivity contribution >= 4 is 32.6 Å². The standard InChI is InChI=1S/C24H28N4OS/c29-23(20-10-9-18-5-1-2-6-19(18)17-20)25-11-12-27-13-15-28(16-14-27)24-26-21-7-3-4-8-22(21)30-24/h3-4,7-10,17H,1-2,5-6,11-16H2,(H,25,29). The molecule has 0 spiro atoms. The van der Waals surface area contributed by atoms with Gasteiger partial charge in [-0.15, -0.1) is 0 Å². The lowest BCUT2D eigenvalue weighted by atomic mass is 9.90. The van der Waals surface area contributed by atoms with Crippen molar-refractivity contribution < 1.29 is 4.79 Å². The lowest BCUT2D eigenvalue weighted by molar-refractivity contribution is 0.0947. The second-order valence-electron chi connectivity index (χ2n) is 8.24. The average Bonchev–Trinajstić information content (AvgIpc) is 3.23. The highest BCUT2D eigenvalue weighted by molar-refractivity contribution is 7.22. The maximum absolute atomic E-state index is 12.5. The number of nitrogens with one attached hydrogen (secondary N) is 1. The number of thiazole rings is 1. The van der Waals surface area contributed by atoms with Gasteiger partial charge in [-0.3, -0.25) is 9.69 Å². The van der Waals surface area contributed by atoms with Crippen molar-refractivity contribution in [2.24, 2.45) is 0 Å². The quantitative estimate of drug-likeness (QED) is 0.683. The van der Waals surface area contributed by atoms with Gasteiger partial charge in [0, 0.05) is 44.8 Å². The molecule has 2 aromatic carbocycles. The number of rotatable bonds is 5. The fourth-order valence-corrected chi connectivity index (χ4v) is 5.48. The topological polar surface area (TPSA) is 48.5 Å². The van der Waals surface area contributed by atoms with Crippen molar-refractivity contribution in [3.8, 4) is 0 Å². The van der Waals surface area contributed by atoms with Crippen LogP contribution in [-0.4, -0.2) is 55.1 Å². The average molecular weight is 421 g/mol. The summed E-state index contributed by atoms with van der Waals surface area (Å²) in [6.07, 6.45) is 4.77. The Morgan fingerprint density at radius 2 is 1.80 bits per heavy atom. The monoisotopic (exact) mass is 420 g/mol. The summed E-state index contributed by atoms with van der Waals surface area (Å²) in [6.45, 7) is 5.56. The third-order valence-electron chi connectivity index (χ3n) is 6.25. The Kier molecular flexibility index (Phi) is 5.69. The number of benzene rings is 2. The summed E-state index contributed by atoms with van der Waals surface area (Å²) in [5.74, 6) is 0.0523. The van der Waals surface area contributed by atoms with E-state index in [1.807, 2.05) is 12.1 Å². The van der Waals surface area contributed by atoms with Gasteiger partial charge in [0.1, 0.15) is 0 Å². The minimum absolute atomic E-state index is 0.0523. The molecule has 0 radical (unpaired) electrons. The number of aromatic nitrogens is 1. The summed E-state index contributed by atoms with van der Waals surface area (Å²) in [5, 5.41) is 4.23. The van der Waals surface area contributed by atoms with E-state index in [2.05, 4.69) is 45.4 Å². The summed E-state index contributed by atoms with van der Waals surface area (Å²) in [7, 11) is 0. The maximum atomic E-state index is 12.5. The second kappa shape index (κ2) is 8.74. The van der Waals surface area contributed by atoms with Gasteiger partial charge in [0.05, 0.1) is 10.2 Å². The molecule has 0 bridgehead atoms. The SMILES string of the molecule is O=C(NCCN1CCN(c2nc3ccccc3s2)CC1)c1ccc2c(c1)CCCC2. The normalized spacial score (nSPS) is 17.1. The van der Waals surface area contributed by atoms with Crippen LogP contribution >= 0.6 is 11.3 Å². The number of hydrogen-bond acceptors (Lipinski definition) is 5. The minimum Gasteiger partial charge on any atom is -0.351 e. The van der Waals surface area contributed by atoms with Crippen LogP contribution in [0.5, 0.6) is 0 Å². The van der Waals surface area contributed by atoms with Gasteiger partial charge >= 0.3 is 0 Å². The Morgan fingerprint density at radius 3 is 2.63 bits per heavy atom. The number of carbonyl (C=O) groups is 1. The third-order valence-corrected chi connectivity index (χ3v) is 7.35. The van der Waals surface area contributed by atoms with Crippen LogP contribution in [0.25, 0.3) is 10.2 Å². The fraction of sp³-hybridized carbons (Fsp3) is 0.417. The minimum atomic E-state index is 0.0523. The molecule has 1 saturated heterocycles. The molecule has 5 nitrogen and oxygen atoms in total. The molecule has 1 aliphatic heterocycles. The molecule has 3 aromatic rings. The fourth-order valence-electron chi connectivity index (χ4n) is 4.46. The Bertz CT molecular complexity index is 1010. The zero-order valence-electron chi connectivity index (χ0n) is 17.3. The lowest BCUT2D eigenvalue weighted by Gasteiger charge is -2.34. The van der Waals surface area contributed by atoms with Crippen LogP contribution in [0.1, 0.15) is 34.3 Å². The summed E-state index contributed by atoms with van der Waals surface area (Å²) in [4.78, 5) is 22.1. The number of carbonyl (C=O) groups excluding carboxylic acids is 1. The molecule has 5 rings (SSSR count). The Balaban J connectivity index is 1.09. The summed E-state index contributed by atoms with van der Waals surface area (Å²) < 4.78 is 1.25. The van der Waals surface area contributed by atoms with Crippen LogP contribution in [0.4, 0.5) is 5.13 Å². The number of piperazine rings is 1. The molecule has 6 heteroatoms. The number of amides is 1. The first-order valence-corrected chi connectivity index (χ1v) is 11.8. The van der Waals surface area contributed by atoms with Gasteiger partial charge in [-0.1, -0.05) is 29.5 Å². The molecule has 156 valence electrons. The first-order chi connectivity index (χ1) is 14.8. The summed E-state index contributed by atoms with van der Waals surface area (Å²) >= 11 is 1.77. The van der Waals surface area contributed by atoms with Gasteiger partial charge in [-0.05, 0) is 61.1 Å². The first kappa shape index (κ1) is 19.5. The maximum Gasteiger partial charge on any atom is 0.251 e. The van der Waals surface area contributed by atoms with Crippen molar-refractivity contribution in [1.82, 2.24) is 15.2 Å². The van der Waals surface area contributed by atoms with Crippen molar-refractivity contribution in [3.05, 3.63) is 59.2 Å². The van der Waals surface area contributed by atoms with Gasteiger partial charge < -0.3 is 10.2 Å². The third kappa shape index (κ3) is 4.20. The van der Waals surface area contributed by atoms with Crippen LogP contribution in [0.3, 0.4) is 0 Å². The zero-order chi connectivity index (χ0) is 20.3. The number of hydrogen-bond donors (Lipinski definition) is 1. The molecule has 0 unspecified atom stereocenters. The summed E-state index contributed by atoms with van der Waals surface area (Å²) in [6, 6.07) is 14.6. The van der Waals surface area contributed by atoms with Crippen LogP contribution < -0.4 is 10.2 Å². The van der Waals surface area contributed by atoms with E-state index in [-0.39, 0.29) is 5.91 Å². The van der Waals surface area contributed by atoms with Crippen molar-refractivity contribution in [2.45, 2.75) is 25.7 Å². The van der Waals surface area contributed by atoms with E-state index in [0.717, 1.165) is 61.8 Å². The molecule has 0 saturated carbocycles. The molecule has 2 heterocycles. The van der Waals surface area contributed by atoms with Crippen molar-refractivity contribution in [1.29, 1.82) is 0 Å². The molecule has 2 aliphatic rings. The van der Waals surface area contributed by atoms with Crippen molar-refractivity contribution in [3.63, 3.8) is 0 Å². The molecule has 1 N–H and O–H groups in total. The first-order valence-electron chi connectivity index (χ1n) is 11.0. The van der Waals surface area contributed by atoms with Crippen LogP contribution in [0.15, 0.2) is 42.5 Å². The molecule has 1 amide bonds. The molecular weight excluding hydrogens is 392 g/mol. The van der Waals surface area contributed by atoms with Crippen LogP contribution in [0, 0.1) is 0 Å². The van der Waals surface area contributed by atoms with Crippen molar-refractivity contribution in [2.75, 3.05) is 44.2 Å². The van der Waals surface area contributed by atoms with E-state index in [0.29, 0.717) is 6.54 Å². The smallest absolute Gasteiger partial charge is 0.251 e. The van der Waals surface area contributed by atoms with Gasteiger partial charge in [0.15, 0.2) is 5.13 Å². The number of fused-ring (bicyclic) bond motifs is 2. The van der Waals surface area contributed by atoms with E-state index in [9.17, 15) is 4.79 Å². The van der Waals surface area contributed by atoms with Crippen LogP contribution in [-0.2, 0) is 12.8 Å². The zero-order valence-corrected chi connectivity index (χ0v) is 18.1. The van der Waals surface area contributed by atoms with E-state index in [4.69, 9.17) is 4.98 Å². The molecule has 30 heavy (non-hydrogen) atoms. The number of anilines is 1. The van der Waals surface area contributed by atoms with Gasteiger partial charge in [-0.25, -0.2) is 4.98 Å². The van der Waals surface area contributed by atoms with Gasteiger partial charge in [0.2, 0.25) is 0 Å². The van der Waals surface area contributed by atoms with Gasteiger partial charge in [0.25, 0.3) is 5.91 Å². The largest absolute Gasteiger partial charge is 0.351 e. The number of para-hydroxylation sites is 1. The summed E-state index contributed by atoms with van der Waals surface area (Å²) in [5.41, 5.74) is 4.67. The molecule has 1 fully saturated rings. The molecular formula is C24H28N4OS. The van der Waals surface area contributed by atoms with E-state index < -0.39 is 0 Å². The van der Waals surface area contributed by atoms with Crippen LogP contribution in [0.2, 0.25) is 0 Å². The Morgan fingerprint density at radius 1 is 1.00 bits per heavy atom. The molecule has 1 aromatic heterocycles. The number of aryl methyl sites for hydroxylation is 2. The highest BCUT2D eigenvalue weighted by Gasteiger charge is 2.20. The Hall–Kier alpha value is -2.44. The van der Waals surface area contributed by atoms with E-state index in [1.54, 1.807) is 11.3 Å². The highest BCUT2D eigenvalue weighted by atomic mass is 32.1. The second-order valence-corrected chi connectivity index (χ2v) is 9.25. The predicted molar refractivity (Wildman–Crippen MR) is 124 cm³/mol. The Labute approximate surface area is 181 Å².